The van der Waals surface area contributed by atoms with E-state index in [-0.39, 0.29) is 70.5 Å². The normalized spacial score (nSPS) is 31.3. The van der Waals surface area contributed by atoms with Gasteiger partial charge < -0.3 is 6.42 Å². The number of hydrogen-bond donors (Lipinski definition) is 0. The van der Waals surface area contributed by atoms with Crippen molar-refractivity contribution in [2.75, 3.05) is 0 Å². The summed E-state index contributed by atoms with van der Waals surface area (Å²) in [5.74, 6) is -5.32. The van der Waals surface area contributed by atoms with Crippen LogP contribution in [0, 0.1) is 41.7 Å². The number of halogens is 4. The van der Waals surface area contributed by atoms with Crippen LogP contribution in [0.1, 0.15) is 62.5 Å². The Morgan fingerprint density at radius 3 is 2.08 bits per heavy atom. The summed E-state index contributed by atoms with van der Waals surface area (Å²) in [6, 6.07) is 2.31. The van der Waals surface area contributed by atoms with Crippen LogP contribution < -0.4 is 58.2 Å². The van der Waals surface area contributed by atoms with Crippen molar-refractivity contribution < 1.29 is 75.7 Å². The number of fused-ring (bicyclic) bond motifs is 1. The first kappa shape index (κ1) is 21.5. The maximum Gasteiger partial charge on any atom is 1.00 e. The van der Waals surface area contributed by atoms with E-state index in [0.29, 0.717) is 11.5 Å². The van der Waals surface area contributed by atoms with Crippen LogP contribution >= 0.6 is 0 Å². The minimum atomic E-state index is -3.25. The smallest absolute Gasteiger partial charge is 0.328 e. The minimum absolute atomic E-state index is 0. The largest absolute Gasteiger partial charge is 1.00 e. The number of hydrogen-bond acceptors (Lipinski definition) is 0. The van der Waals surface area contributed by atoms with Crippen LogP contribution in [-0.4, -0.2) is 0 Å². The first-order chi connectivity index (χ1) is 12.0. The minimum Gasteiger partial charge on any atom is -0.328 e. The van der Waals surface area contributed by atoms with Gasteiger partial charge in [-0.3, -0.25) is 0 Å². The van der Waals surface area contributed by atoms with Crippen molar-refractivity contribution in [1.82, 2.24) is 0 Å². The zero-order chi connectivity index (χ0) is 17.6. The SMILES string of the molecule is Fc1ccc2c(c1F)C(F)(F)C(C1CCC(C3CC[CH-]CC3)CC1)C2.[Rb+]. The fourth-order valence-electron chi connectivity index (χ4n) is 5.58. The topological polar surface area (TPSA) is 0 Å². The maximum absolute atomic E-state index is 14.9. The molecule has 1 aromatic carbocycles. The van der Waals surface area contributed by atoms with Crippen LogP contribution in [0.3, 0.4) is 0 Å². The van der Waals surface area contributed by atoms with Crippen molar-refractivity contribution >= 4 is 0 Å². The zero-order valence-electron chi connectivity index (χ0n) is 15.4. The van der Waals surface area contributed by atoms with Gasteiger partial charge in [0.15, 0.2) is 11.6 Å². The molecule has 1 atom stereocenters. The van der Waals surface area contributed by atoms with E-state index in [4.69, 9.17) is 0 Å². The third-order valence-corrected chi connectivity index (χ3v) is 6.96. The van der Waals surface area contributed by atoms with E-state index in [2.05, 4.69) is 6.42 Å². The van der Waals surface area contributed by atoms with Gasteiger partial charge in [-0.05, 0) is 61.5 Å². The van der Waals surface area contributed by atoms with E-state index < -0.39 is 29.0 Å². The van der Waals surface area contributed by atoms with Gasteiger partial charge in [0.1, 0.15) is 0 Å². The van der Waals surface area contributed by atoms with E-state index in [9.17, 15) is 17.6 Å². The first-order valence-corrected chi connectivity index (χ1v) is 9.65. The van der Waals surface area contributed by atoms with Crippen molar-refractivity contribution in [3.8, 4) is 0 Å². The van der Waals surface area contributed by atoms with Crippen molar-refractivity contribution in [2.24, 2.45) is 23.7 Å². The van der Waals surface area contributed by atoms with E-state index in [1.807, 2.05) is 0 Å². The average Bonchev–Trinajstić information content (AvgIpc) is 2.90. The molecule has 0 aliphatic heterocycles. The standard InChI is InChI=1S/C21H25F4.Rb/c22-18-11-10-16-12-17(21(24,25)19(16)20(18)23)15-8-6-14(7-9-15)13-4-2-1-3-5-13;/h1,10-11,13-15,17H,2-9,12H2;/q-1;+1. The molecule has 3 aliphatic rings. The summed E-state index contributed by atoms with van der Waals surface area (Å²) in [6.45, 7) is 0. The Hall–Kier alpha value is 0.745. The van der Waals surface area contributed by atoms with Gasteiger partial charge in [0.05, 0.1) is 5.56 Å². The molecule has 26 heavy (non-hydrogen) atoms. The van der Waals surface area contributed by atoms with Crippen molar-refractivity contribution in [1.29, 1.82) is 0 Å². The molecule has 2 fully saturated rings. The second-order valence-electron chi connectivity index (χ2n) is 8.21. The molecular formula is C21H25F4Rb. The molecule has 2 saturated carbocycles. The molecule has 1 unspecified atom stereocenters. The molecular weight excluding hydrogens is 414 g/mol. The van der Waals surface area contributed by atoms with E-state index in [1.165, 1.54) is 31.7 Å². The van der Waals surface area contributed by atoms with Gasteiger partial charge in [0.2, 0.25) is 0 Å². The molecule has 0 heterocycles. The quantitative estimate of drug-likeness (QED) is 0.490. The van der Waals surface area contributed by atoms with Crippen LogP contribution in [0.25, 0.3) is 0 Å². The molecule has 0 bridgehead atoms. The second kappa shape index (κ2) is 8.63. The average molecular weight is 439 g/mol. The second-order valence-corrected chi connectivity index (χ2v) is 8.21. The Balaban J connectivity index is 0.00000196. The third kappa shape index (κ3) is 3.91. The predicted molar refractivity (Wildman–Crippen MR) is 89.2 cm³/mol. The first-order valence-electron chi connectivity index (χ1n) is 9.65. The molecule has 1 aromatic rings. The Labute approximate surface area is 202 Å². The summed E-state index contributed by atoms with van der Waals surface area (Å²) >= 11 is 0. The van der Waals surface area contributed by atoms with Crippen LogP contribution in [0.2, 0.25) is 0 Å². The van der Waals surface area contributed by atoms with Gasteiger partial charge in [-0.15, -0.1) is 0 Å². The van der Waals surface area contributed by atoms with Crippen LogP contribution in [0.5, 0.6) is 0 Å². The summed E-state index contributed by atoms with van der Waals surface area (Å²) in [7, 11) is 0. The van der Waals surface area contributed by atoms with Gasteiger partial charge in [-0.25, -0.2) is 17.6 Å². The molecule has 0 amide bonds. The van der Waals surface area contributed by atoms with E-state index >= 15 is 0 Å². The Kier molecular flexibility index (Phi) is 7.12. The summed E-state index contributed by atoms with van der Waals surface area (Å²) < 4.78 is 57.2. The number of benzene rings is 1. The number of rotatable bonds is 2. The fourth-order valence-corrected chi connectivity index (χ4v) is 5.58. The molecule has 4 rings (SSSR count). The Bertz CT molecular complexity index is 631. The van der Waals surface area contributed by atoms with Crippen LogP contribution in [0.15, 0.2) is 12.1 Å². The molecule has 0 aromatic heterocycles. The van der Waals surface area contributed by atoms with Gasteiger partial charge in [-0.2, -0.15) is 12.8 Å². The van der Waals surface area contributed by atoms with Gasteiger partial charge in [0, 0.05) is 5.92 Å². The molecule has 0 nitrogen and oxygen atoms in total. The fraction of sp³-hybridized carbons (Fsp3) is 0.667. The Morgan fingerprint density at radius 2 is 1.42 bits per heavy atom. The van der Waals surface area contributed by atoms with E-state index in [0.717, 1.165) is 37.7 Å². The number of alkyl halides is 2. The van der Waals surface area contributed by atoms with Crippen molar-refractivity contribution in [3.05, 3.63) is 41.3 Å². The van der Waals surface area contributed by atoms with Crippen molar-refractivity contribution in [3.63, 3.8) is 0 Å². The predicted octanol–water partition coefficient (Wildman–Crippen LogP) is 3.43. The van der Waals surface area contributed by atoms with Crippen LogP contribution in [-0.2, 0) is 12.3 Å². The summed E-state index contributed by atoms with van der Waals surface area (Å²) in [5, 5.41) is 0. The van der Waals surface area contributed by atoms with Crippen molar-refractivity contribution in [2.45, 2.75) is 63.7 Å². The molecule has 0 N–H and O–H groups in total. The molecule has 0 saturated heterocycles. The van der Waals surface area contributed by atoms with E-state index in [1.54, 1.807) is 0 Å². The molecule has 5 heteroatoms. The molecule has 138 valence electrons. The van der Waals surface area contributed by atoms with Crippen LogP contribution in [0.4, 0.5) is 17.6 Å². The van der Waals surface area contributed by atoms with Gasteiger partial charge in [0.25, 0.3) is 5.92 Å². The molecule has 0 spiro atoms. The van der Waals surface area contributed by atoms with Gasteiger partial charge in [-0.1, -0.05) is 18.9 Å². The summed E-state index contributed by atoms with van der Waals surface area (Å²) in [4.78, 5) is 0. The Morgan fingerprint density at radius 1 is 0.846 bits per heavy atom. The third-order valence-electron chi connectivity index (χ3n) is 6.96. The van der Waals surface area contributed by atoms with Gasteiger partial charge >= 0.3 is 58.2 Å². The maximum atomic E-state index is 14.9. The molecule has 0 radical (unpaired) electrons. The monoisotopic (exact) mass is 438 g/mol. The summed E-state index contributed by atoms with van der Waals surface area (Å²) in [6.07, 6.45) is 11.0. The molecule has 3 aliphatic carbocycles. The summed E-state index contributed by atoms with van der Waals surface area (Å²) in [5.41, 5.74) is -0.388. The zero-order valence-corrected chi connectivity index (χ0v) is 20.3.